The Bertz CT molecular complexity index is 650. The number of carbonyl (C=O) groups is 1. The van der Waals surface area contributed by atoms with E-state index in [0.717, 1.165) is 11.8 Å². The maximum Gasteiger partial charge on any atom is 0.313 e. The van der Waals surface area contributed by atoms with Crippen LogP contribution in [0, 0.1) is 5.82 Å². The molecule has 1 heterocycles. The zero-order chi connectivity index (χ0) is 14.7. The highest BCUT2D eigenvalue weighted by molar-refractivity contribution is 9.10. The highest BCUT2D eigenvalue weighted by Crippen LogP contribution is 2.25. The third kappa shape index (κ3) is 3.17. The lowest BCUT2D eigenvalue weighted by Gasteiger charge is -2.09. The lowest BCUT2D eigenvalue weighted by atomic mass is 10.3. The molecule has 2 rings (SSSR count). The van der Waals surface area contributed by atoms with Gasteiger partial charge in [-0.15, -0.1) is 10.2 Å². The third-order valence-corrected chi connectivity index (χ3v) is 3.88. The van der Waals surface area contributed by atoms with Crippen LogP contribution in [0.4, 0.5) is 4.39 Å². The molecular weight excluding hydrogens is 353 g/mol. The van der Waals surface area contributed by atoms with E-state index in [1.54, 1.807) is 6.07 Å². The fraction of sp³-hybridized carbons (Fsp3) is 0.182. The van der Waals surface area contributed by atoms with Gasteiger partial charge >= 0.3 is 5.97 Å². The molecule has 0 bridgehead atoms. The van der Waals surface area contributed by atoms with Crippen LogP contribution in [0.15, 0.2) is 27.8 Å². The van der Waals surface area contributed by atoms with Crippen molar-refractivity contribution in [1.29, 1.82) is 0 Å². The minimum absolute atomic E-state index is 0.206. The Morgan fingerprint density at radius 2 is 2.20 bits per heavy atom. The normalized spacial score (nSPS) is 10.8. The van der Waals surface area contributed by atoms with Crippen LogP contribution in [0.1, 0.15) is 5.82 Å². The van der Waals surface area contributed by atoms with E-state index in [-0.39, 0.29) is 16.7 Å². The van der Waals surface area contributed by atoms with Gasteiger partial charge < -0.3 is 10.2 Å². The number of nitrogens with zero attached hydrogens (tertiary/aromatic N) is 3. The highest BCUT2D eigenvalue weighted by atomic mass is 79.9. The zero-order valence-corrected chi connectivity index (χ0v) is 12.4. The molecule has 2 aromatic rings. The molecule has 0 aliphatic carbocycles. The van der Waals surface area contributed by atoms with E-state index in [9.17, 15) is 14.3 Å². The number of carboxylic acid groups (broad SMARTS) is 1. The monoisotopic (exact) mass is 361 g/mol. The number of hydrogen-bond donors (Lipinski definition) is 2. The number of aromatic nitrogens is 3. The van der Waals surface area contributed by atoms with Gasteiger partial charge in [-0.1, -0.05) is 11.8 Å². The van der Waals surface area contributed by atoms with Crippen molar-refractivity contribution in [3.8, 4) is 5.69 Å². The molecule has 1 aromatic carbocycles. The van der Waals surface area contributed by atoms with Crippen molar-refractivity contribution in [3.05, 3.63) is 34.3 Å². The maximum absolute atomic E-state index is 13.6. The molecule has 0 spiro atoms. The summed E-state index contributed by atoms with van der Waals surface area (Å²) in [5, 5.41) is 25.8. The van der Waals surface area contributed by atoms with Gasteiger partial charge in [-0.05, 0) is 34.1 Å². The van der Waals surface area contributed by atoms with Gasteiger partial charge in [0.25, 0.3) is 0 Å². The number of halogens is 2. The fourth-order valence-electron chi connectivity index (χ4n) is 1.51. The average molecular weight is 362 g/mol. The van der Waals surface area contributed by atoms with Gasteiger partial charge in [0.1, 0.15) is 12.4 Å². The van der Waals surface area contributed by atoms with Gasteiger partial charge in [0.05, 0.1) is 15.9 Å². The van der Waals surface area contributed by atoms with Gasteiger partial charge in [0, 0.05) is 0 Å². The molecule has 106 valence electrons. The molecule has 0 radical (unpaired) electrons. The van der Waals surface area contributed by atoms with Crippen LogP contribution in [0.2, 0.25) is 0 Å². The van der Waals surface area contributed by atoms with Crippen LogP contribution in [0.25, 0.3) is 5.69 Å². The summed E-state index contributed by atoms with van der Waals surface area (Å²) in [6.45, 7) is -0.391. The number of thioether (sulfide) groups is 1. The van der Waals surface area contributed by atoms with Crippen molar-refractivity contribution >= 4 is 33.7 Å². The molecule has 20 heavy (non-hydrogen) atoms. The molecule has 9 heteroatoms. The molecule has 6 nitrogen and oxygen atoms in total. The van der Waals surface area contributed by atoms with Crippen LogP contribution in [0.3, 0.4) is 0 Å². The standard InChI is InChI=1S/C11H9BrFN3O3S/c12-7-2-1-6(3-8(7)13)16-9(4-17)14-15-11(16)20-5-10(18)19/h1-3,17H,4-5H2,(H,18,19). The summed E-state index contributed by atoms with van der Waals surface area (Å²) in [4.78, 5) is 10.6. The summed E-state index contributed by atoms with van der Waals surface area (Å²) in [6, 6.07) is 4.37. The molecule has 0 atom stereocenters. The van der Waals surface area contributed by atoms with Gasteiger partial charge in [-0.2, -0.15) is 0 Å². The van der Waals surface area contributed by atoms with Crippen LogP contribution in [-0.4, -0.2) is 36.7 Å². The molecule has 0 fully saturated rings. The second kappa shape index (κ2) is 6.33. The minimum atomic E-state index is -1.00. The number of aliphatic hydroxyl groups excluding tert-OH is 1. The van der Waals surface area contributed by atoms with E-state index >= 15 is 0 Å². The van der Waals surface area contributed by atoms with Crippen molar-refractivity contribution in [2.75, 3.05) is 5.75 Å². The molecule has 0 aliphatic rings. The van der Waals surface area contributed by atoms with Gasteiger partial charge in [-0.3, -0.25) is 9.36 Å². The Balaban J connectivity index is 2.44. The summed E-state index contributed by atoms with van der Waals surface area (Å²) >= 11 is 3.99. The molecule has 0 aliphatic heterocycles. The molecule has 0 unspecified atom stereocenters. The fourth-order valence-corrected chi connectivity index (χ4v) is 2.44. The number of aliphatic carboxylic acids is 1. The first kappa shape index (κ1) is 14.9. The number of hydrogen-bond acceptors (Lipinski definition) is 5. The van der Waals surface area contributed by atoms with E-state index in [1.807, 2.05) is 0 Å². The van der Waals surface area contributed by atoms with Crippen molar-refractivity contribution in [1.82, 2.24) is 14.8 Å². The van der Waals surface area contributed by atoms with E-state index < -0.39 is 18.4 Å². The van der Waals surface area contributed by atoms with Crippen LogP contribution < -0.4 is 0 Å². The Morgan fingerprint density at radius 3 is 2.80 bits per heavy atom. The van der Waals surface area contributed by atoms with Crippen LogP contribution in [-0.2, 0) is 11.4 Å². The quantitative estimate of drug-likeness (QED) is 0.790. The van der Waals surface area contributed by atoms with Crippen molar-refractivity contribution in [2.45, 2.75) is 11.8 Å². The highest BCUT2D eigenvalue weighted by Gasteiger charge is 2.16. The third-order valence-electron chi connectivity index (χ3n) is 2.33. The number of benzene rings is 1. The topological polar surface area (TPSA) is 88.2 Å². The van der Waals surface area contributed by atoms with E-state index in [1.165, 1.54) is 16.7 Å². The number of aliphatic hydroxyl groups is 1. The Morgan fingerprint density at radius 1 is 1.45 bits per heavy atom. The molecule has 1 aromatic heterocycles. The first-order valence-corrected chi connectivity index (χ1v) is 7.16. The Kier molecular flexibility index (Phi) is 4.73. The van der Waals surface area contributed by atoms with Crippen molar-refractivity contribution in [3.63, 3.8) is 0 Å². The maximum atomic E-state index is 13.6. The molecule has 0 saturated heterocycles. The van der Waals surface area contributed by atoms with E-state index in [4.69, 9.17) is 5.11 Å². The van der Waals surface area contributed by atoms with Gasteiger partial charge in [0.15, 0.2) is 11.0 Å². The number of carboxylic acids is 1. The lowest BCUT2D eigenvalue weighted by Crippen LogP contribution is -2.05. The summed E-state index contributed by atoms with van der Waals surface area (Å²) in [5.74, 6) is -1.48. The summed E-state index contributed by atoms with van der Waals surface area (Å²) in [7, 11) is 0. The Labute approximate surface area is 125 Å². The largest absolute Gasteiger partial charge is 0.481 e. The molecular formula is C11H9BrFN3O3S. The summed E-state index contributed by atoms with van der Waals surface area (Å²) in [5.41, 5.74) is 0.410. The van der Waals surface area contributed by atoms with Crippen molar-refractivity contribution < 1.29 is 19.4 Å². The average Bonchev–Trinajstić information content (AvgIpc) is 2.82. The summed E-state index contributed by atoms with van der Waals surface area (Å²) < 4.78 is 15.3. The summed E-state index contributed by atoms with van der Waals surface area (Å²) in [6.07, 6.45) is 0. The second-order valence-electron chi connectivity index (χ2n) is 3.67. The van der Waals surface area contributed by atoms with E-state index in [0.29, 0.717) is 10.2 Å². The molecule has 0 saturated carbocycles. The minimum Gasteiger partial charge on any atom is -0.481 e. The first-order chi connectivity index (χ1) is 9.52. The van der Waals surface area contributed by atoms with Gasteiger partial charge in [-0.25, -0.2) is 4.39 Å². The van der Waals surface area contributed by atoms with Crippen LogP contribution >= 0.6 is 27.7 Å². The number of rotatable bonds is 5. The van der Waals surface area contributed by atoms with E-state index in [2.05, 4.69) is 26.1 Å². The first-order valence-electron chi connectivity index (χ1n) is 5.38. The lowest BCUT2D eigenvalue weighted by molar-refractivity contribution is -0.133. The SMILES string of the molecule is O=C(O)CSc1nnc(CO)n1-c1ccc(Br)c(F)c1. The molecule has 2 N–H and O–H groups in total. The zero-order valence-electron chi connectivity index (χ0n) is 9.95. The van der Waals surface area contributed by atoms with Crippen molar-refractivity contribution in [2.24, 2.45) is 0 Å². The second-order valence-corrected chi connectivity index (χ2v) is 5.47. The predicted octanol–water partition coefficient (Wildman–Crippen LogP) is 1.84. The smallest absolute Gasteiger partial charge is 0.313 e. The molecule has 0 amide bonds. The van der Waals surface area contributed by atoms with Gasteiger partial charge in [0.2, 0.25) is 0 Å². The predicted molar refractivity (Wildman–Crippen MR) is 73.3 cm³/mol. The van der Waals surface area contributed by atoms with Crippen LogP contribution in [0.5, 0.6) is 0 Å². The Hall–Kier alpha value is -1.45.